The number of amides is 1. The number of ether oxygens (including phenoxy) is 1. The molecule has 0 saturated heterocycles. The molecule has 5 heteroatoms. The first kappa shape index (κ1) is 13.2. The van der Waals surface area contributed by atoms with Crippen LogP contribution in [-0.2, 0) is 0 Å². The Labute approximate surface area is 121 Å². The first-order valence-corrected chi connectivity index (χ1v) is 6.57. The number of nitrogens with one attached hydrogen (secondary N) is 2. The van der Waals surface area contributed by atoms with Gasteiger partial charge in [-0.2, -0.15) is 5.10 Å². The molecule has 0 bridgehead atoms. The van der Waals surface area contributed by atoms with Crippen LogP contribution in [0.2, 0.25) is 0 Å². The molecule has 5 nitrogen and oxygen atoms in total. The largest absolute Gasteiger partial charge is 0.497 e. The molecule has 1 amide bonds. The van der Waals surface area contributed by atoms with E-state index in [0.717, 1.165) is 16.5 Å². The Morgan fingerprint density at radius 2 is 2.10 bits per heavy atom. The Bertz CT molecular complexity index is 808. The van der Waals surface area contributed by atoms with E-state index in [1.807, 2.05) is 37.3 Å². The predicted molar refractivity (Wildman–Crippen MR) is 81.8 cm³/mol. The number of fused-ring (bicyclic) bond motifs is 1. The number of aryl methyl sites for hydroxylation is 1. The molecule has 0 unspecified atom stereocenters. The summed E-state index contributed by atoms with van der Waals surface area (Å²) in [7, 11) is 1.59. The SMILES string of the molecule is COc1cccc(NC(=O)c2n[nH]c3ccc(C)cc23)c1. The van der Waals surface area contributed by atoms with Gasteiger partial charge in [0.2, 0.25) is 0 Å². The van der Waals surface area contributed by atoms with Crippen molar-refractivity contribution in [3.8, 4) is 5.75 Å². The van der Waals surface area contributed by atoms with Gasteiger partial charge in [-0.3, -0.25) is 9.89 Å². The van der Waals surface area contributed by atoms with Crippen LogP contribution in [0, 0.1) is 6.92 Å². The van der Waals surface area contributed by atoms with E-state index in [1.54, 1.807) is 19.2 Å². The van der Waals surface area contributed by atoms with Crippen molar-refractivity contribution in [2.24, 2.45) is 0 Å². The Hall–Kier alpha value is -2.82. The van der Waals surface area contributed by atoms with Gasteiger partial charge in [0, 0.05) is 17.1 Å². The highest BCUT2D eigenvalue weighted by molar-refractivity contribution is 6.11. The molecule has 3 aromatic rings. The number of benzene rings is 2. The zero-order chi connectivity index (χ0) is 14.8. The van der Waals surface area contributed by atoms with Crippen molar-refractivity contribution in [1.29, 1.82) is 0 Å². The van der Waals surface area contributed by atoms with Crippen LogP contribution < -0.4 is 10.1 Å². The van der Waals surface area contributed by atoms with Crippen LogP contribution in [0.1, 0.15) is 16.1 Å². The Balaban J connectivity index is 1.91. The third-order valence-corrected chi connectivity index (χ3v) is 3.26. The summed E-state index contributed by atoms with van der Waals surface area (Å²) in [4.78, 5) is 12.4. The standard InChI is InChI=1S/C16H15N3O2/c1-10-6-7-14-13(8-10)15(19-18-14)16(20)17-11-4-3-5-12(9-11)21-2/h3-9H,1-2H3,(H,17,20)(H,18,19). The van der Waals surface area contributed by atoms with E-state index in [9.17, 15) is 4.79 Å². The number of carbonyl (C=O) groups is 1. The molecule has 0 fully saturated rings. The fourth-order valence-corrected chi connectivity index (χ4v) is 2.19. The maximum absolute atomic E-state index is 12.4. The van der Waals surface area contributed by atoms with E-state index >= 15 is 0 Å². The highest BCUT2D eigenvalue weighted by Gasteiger charge is 2.14. The van der Waals surface area contributed by atoms with E-state index in [-0.39, 0.29) is 5.91 Å². The number of methoxy groups -OCH3 is 1. The van der Waals surface area contributed by atoms with Crippen molar-refractivity contribution in [1.82, 2.24) is 10.2 Å². The molecule has 2 N–H and O–H groups in total. The van der Waals surface area contributed by atoms with Crippen LogP contribution in [0.5, 0.6) is 5.75 Å². The summed E-state index contributed by atoms with van der Waals surface area (Å²) in [6, 6.07) is 13.0. The molecule has 0 spiro atoms. The first-order chi connectivity index (χ1) is 10.2. The normalized spacial score (nSPS) is 10.6. The zero-order valence-corrected chi connectivity index (χ0v) is 11.8. The fraction of sp³-hybridized carbons (Fsp3) is 0.125. The van der Waals surface area contributed by atoms with Gasteiger partial charge in [0.05, 0.1) is 12.6 Å². The number of aromatic amines is 1. The summed E-state index contributed by atoms with van der Waals surface area (Å²) in [5.74, 6) is 0.440. The fourth-order valence-electron chi connectivity index (χ4n) is 2.19. The van der Waals surface area contributed by atoms with Crippen LogP contribution in [-0.4, -0.2) is 23.2 Å². The molecule has 3 rings (SSSR count). The zero-order valence-electron chi connectivity index (χ0n) is 11.8. The first-order valence-electron chi connectivity index (χ1n) is 6.57. The van der Waals surface area contributed by atoms with Crippen LogP contribution in [0.15, 0.2) is 42.5 Å². The van der Waals surface area contributed by atoms with Gasteiger partial charge in [0.25, 0.3) is 5.91 Å². The number of aromatic nitrogens is 2. The number of hydrogen-bond acceptors (Lipinski definition) is 3. The maximum Gasteiger partial charge on any atom is 0.276 e. The molecule has 0 aliphatic rings. The molecular weight excluding hydrogens is 266 g/mol. The highest BCUT2D eigenvalue weighted by Crippen LogP contribution is 2.20. The van der Waals surface area contributed by atoms with Crippen molar-refractivity contribution >= 4 is 22.5 Å². The summed E-state index contributed by atoms with van der Waals surface area (Å²) in [5.41, 5.74) is 2.98. The summed E-state index contributed by atoms with van der Waals surface area (Å²) >= 11 is 0. The third kappa shape index (κ3) is 2.58. The molecule has 0 atom stereocenters. The summed E-state index contributed by atoms with van der Waals surface area (Å²) in [5, 5.41) is 10.6. The average Bonchev–Trinajstić information content (AvgIpc) is 2.90. The molecule has 0 saturated carbocycles. The Morgan fingerprint density at radius 1 is 1.24 bits per heavy atom. The summed E-state index contributed by atoms with van der Waals surface area (Å²) < 4.78 is 5.14. The van der Waals surface area contributed by atoms with Gasteiger partial charge >= 0.3 is 0 Å². The maximum atomic E-state index is 12.4. The quantitative estimate of drug-likeness (QED) is 0.775. The van der Waals surface area contributed by atoms with Crippen molar-refractivity contribution in [3.05, 3.63) is 53.7 Å². The van der Waals surface area contributed by atoms with E-state index < -0.39 is 0 Å². The lowest BCUT2D eigenvalue weighted by atomic mass is 10.1. The average molecular weight is 281 g/mol. The van der Waals surface area contributed by atoms with E-state index in [0.29, 0.717) is 17.1 Å². The molecule has 1 aromatic heterocycles. The van der Waals surface area contributed by atoms with Crippen LogP contribution in [0.4, 0.5) is 5.69 Å². The van der Waals surface area contributed by atoms with Crippen LogP contribution in [0.3, 0.4) is 0 Å². The van der Waals surface area contributed by atoms with Crippen molar-refractivity contribution < 1.29 is 9.53 Å². The minimum absolute atomic E-state index is 0.250. The van der Waals surface area contributed by atoms with Crippen LogP contribution >= 0.6 is 0 Å². The third-order valence-electron chi connectivity index (χ3n) is 3.26. The van der Waals surface area contributed by atoms with Crippen LogP contribution in [0.25, 0.3) is 10.9 Å². The second kappa shape index (κ2) is 5.28. The molecular formula is C16H15N3O2. The lowest BCUT2D eigenvalue weighted by Gasteiger charge is -2.05. The summed E-state index contributed by atoms with van der Waals surface area (Å²) in [6.45, 7) is 1.98. The van der Waals surface area contributed by atoms with E-state index in [4.69, 9.17) is 4.74 Å². The lowest BCUT2D eigenvalue weighted by Crippen LogP contribution is -2.12. The number of anilines is 1. The van der Waals surface area contributed by atoms with Crippen molar-refractivity contribution in [3.63, 3.8) is 0 Å². The Kier molecular flexibility index (Phi) is 3.31. The molecule has 106 valence electrons. The molecule has 2 aromatic carbocycles. The molecule has 0 aliphatic carbocycles. The predicted octanol–water partition coefficient (Wildman–Crippen LogP) is 3.13. The molecule has 0 aliphatic heterocycles. The van der Waals surface area contributed by atoms with Crippen molar-refractivity contribution in [2.45, 2.75) is 6.92 Å². The van der Waals surface area contributed by atoms with Gasteiger partial charge in [-0.25, -0.2) is 0 Å². The molecule has 1 heterocycles. The Morgan fingerprint density at radius 3 is 2.90 bits per heavy atom. The van der Waals surface area contributed by atoms with Crippen molar-refractivity contribution in [2.75, 3.05) is 12.4 Å². The minimum Gasteiger partial charge on any atom is -0.497 e. The highest BCUT2D eigenvalue weighted by atomic mass is 16.5. The number of rotatable bonds is 3. The second-order valence-corrected chi connectivity index (χ2v) is 4.81. The topological polar surface area (TPSA) is 67.0 Å². The number of nitrogens with zero attached hydrogens (tertiary/aromatic N) is 1. The summed E-state index contributed by atoms with van der Waals surface area (Å²) in [6.07, 6.45) is 0. The van der Waals surface area contributed by atoms with Gasteiger partial charge in [0.15, 0.2) is 5.69 Å². The van der Waals surface area contributed by atoms with Gasteiger partial charge < -0.3 is 10.1 Å². The van der Waals surface area contributed by atoms with Gasteiger partial charge in [-0.05, 0) is 31.2 Å². The number of carbonyl (C=O) groups excluding carboxylic acids is 1. The lowest BCUT2D eigenvalue weighted by molar-refractivity contribution is 0.102. The van der Waals surface area contributed by atoms with E-state index in [1.165, 1.54) is 0 Å². The van der Waals surface area contributed by atoms with Gasteiger partial charge in [-0.15, -0.1) is 0 Å². The van der Waals surface area contributed by atoms with Gasteiger partial charge in [0.1, 0.15) is 5.75 Å². The number of hydrogen-bond donors (Lipinski definition) is 2. The second-order valence-electron chi connectivity index (χ2n) is 4.81. The minimum atomic E-state index is -0.250. The monoisotopic (exact) mass is 281 g/mol. The smallest absolute Gasteiger partial charge is 0.276 e. The van der Waals surface area contributed by atoms with Gasteiger partial charge in [-0.1, -0.05) is 17.7 Å². The molecule has 0 radical (unpaired) electrons. The van der Waals surface area contributed by atoms with E-state index in [2.05, 4.69) is 15.5 Å². The number of H-pyrrole nitrogens is 1. The molecule has 21 heavy (non-hydrogen) atoms.